The standard InChI is InChI=1S/C27H36N8O5/c1-20-5-6-23(40-20)26-30-32-35(31-26)19-24(36)34(12-3-11-33-13-16-38-17-14-33)25(21-7-9-28-10-8-21)27(37)29-18-22-4-2-15-39-22/h5-10,22,25H,2-4,11-19H2,1H3,(H,29,37). The van der Waals surface area contributed by atoms with E-state index in [0.717, 1.165) is 38.2 Å². The molecule has 0 spiro atoms. The number of aromatic nitrogens is 5. The summed E-state index contributed by atoms with van der Waals surface area (Å²) in [5.41, 5.74) is 0.679. The molecule has 5 rings (SSSR count). The summed E-state index contributed by atoms with van der Waals surface area (Å²) in [6.45, 7) is 7.00. The zero-order valence-electron chi connectivity index (χ0n) is 22.8. The monoisotopic (exact) mass is 552 g/mol. The van der Waals surface area contributed by atoms with Gasteiger partial charge < -0.3 is 24.1 Å². The van der Waals surface area contributed by atoms with Gasteiger partial charge in [0.15, 0.2) is 5.76 Å². The molecule has 40 heavy (non-hydrogen) atoms. The number of nitrogens with one attached hydrogen (secondary N) is 1. The van der Waals surface area contributed by atoms with Gasteiger partial charge in [0.25, 0.3) is 0 Å². The van der Waals surface area contributed by atoms with Crippen molar-refractivity contribution in [2.75, 3.05) is 52.5 Å². The van der Waals surface area contributed by atoms with E-state index in [0.29, 0.717) is 56.5 Å². The Bertz CT molecular complexity index is 1240. The van der Waals surface area contributed by atoms with Crippen LogP contribution >= 0.6 is 0 Å². The van der Waals surface area contributed by atoms with Crippen LogP contribution in [0.25, 0.3) is 11.6 Å². The Morgan fingerprint density at radius 2 is 1.98 bits per heavy atom. The Kier molecular flexibility index (Phi) is 9.47. The van der Waals surface area contributed by atoms with Crippen LogP contribution < -0.4 is 5.32 Å². The van der Waals surface area contributed by atoms with Gasteiger partial charge in [-0.15, -0.1) is 10.2 Å². The van der Waals surface area contributed by atoms with Gasteiger partial charge in [0.2, 0.25) is 17.6 Å². The third kappa shape index (κ3) is 7.29. The maximum atomic E-state index is 13.8. The number of carbonyl (C=O) groups excluding carboxylic acids is 2. The summed E-state index contributed by atoms with van der Waals surface area (Å²) in [5, 5.41) is 15.5. The van der Waals surface area contributed by atoms with Crippen LogP contribution in [0, 0.1) is 6.92 Å². The first-order valence-corrected chi connectivity index (χ1v) is 13.8. The first-order chi connectivity index (χ1) is 19.6. The molecule has 5 heterocycles. The predicted octanol–water partition coefficient (Wildman–Crippen LogP) is 1.22. The number of carbonyl (C=O) groups is 2. The molecule has 3 aromatic heterocycles. The highest BCUT2D eigenvalue weighted by Gasteiger charge is 2.32. The van der Waals surface area contributed by atoms with Crippen molar-refractivity contribution in [3.05, 3.63) is 48.0 Å². The number of rotatable bonds is 12. The van der Waals surface area contributed by atoms with Crippen LogP contribution in [0.1, 0.15) is 36.6 Å². The van der Waals surface area contributed by atoms with Crippen molar-refractivity contribution >= 4 is 11.8 Å². The number of furan rings is 1. The summed E-state index contributed by atoms with van der Waals surface area (Å²) in [5.74, 6) is 0.930. The van der Waals surface area contributed by atoms with Gasteiger partial charge in [-0.25, -0.2) is 0 Å². The number of amides is 2. The van der Waals surface area contributed by atoms with Crippen LogP contribution in [0.4, 0.5) is 0 Å². The van der Waals surface area contributed by atoms with Crippen LogP contribution in [0.5, 0.6) is 0 Å². The van der Waals surface area contributed by atoms with Crippen LogP contribution in [0.2, 0.25) is 0 Å². The average molecular weight is 553 g/mol. The molecule has 0 aliphatic carbocycles. The number of tetrazole rings is 1. The predicted molar refractivity (Wildman–Crippen MR) is 143 cm³/mol. The molecule has 2 fully saturated rings. The number of hydrogen-bond donors (Lipinski definition) is 1. The van der Waals surface area contributed by atoms with Crippen LogP contribution in [-0.4, -0.2) is 105 Å². The van der Waals surface area contributed by atoms with E-state index < -0.39 is 6.04 Å². The highest BCUT2D eigenvalue weighted by atomic mass is 16.5. The van der Waals surface area contributed by atoms with Crippen molar-refractivity contribution in [3.63, 3.8) is 0 Å². The first-order valence-electron chi connectivity index (χ1n) is 13.8. The van der Waals surface area contributed by atoms with Crippen LogP contribution in [0.3, 0.4) is 0 Å². The molecule has 2 unspecified atom stereocenters. The Balaban J connectivity index is 1.35. The van der Waals surface area contributed by atoms with Crippen molar-refractivity contribution in [3.8, 4) is 11.6 Å². The summed E-state index contributed by atoms with van der Waals surface area (Å²) in [6, 6.07) is 6.25. The molecular weight excluding hydrogens is 516 g/mol. The van der Waals surface area contributed by atoms with Gasteiger partial charge in [0, 0.05) is 51.7 Å². The lowest BCUT2D eigenvalue weighted by molar-refractivity contribution is -0.142. The largest absolute Gasteiger partial charge is 0.458 e. The lowest BCUT2D eigenvalue weighted by atomic mass is 10.0. The normalized spacial score (nSPS) is 18.5. The molecule has 214 valence electrons. The SMILES string of the molecule is Cc1ccc(-c2nnn(CC(=O)N(CCCN3CCOCC3)C(C(=O)NCC3CCCO3)c3ccncc3)n2)o1. The van der Waals surface area contributed by atoms with Crippen LogP contribution in [0.15, 0.2) is 41.1 Å². The van der Waals surface area contributed by atoms with Gasteiger partial charge in [0.05, 0.1) is 19.3 Å². The van der Waals surface area contributed by atoms with E-state index in [1.54, 1.807) is 35.5 Å². The Hall–Kier alpha value is -3.68. The molecule has 2 aliphatic rings. The highest BCUT2D eigenvalue weighted by molar-refractivity contribution is 5.88. The zero-order valence-corrected chi connectivity index (χ0v) is 22.8. The van der Waals surface area contributed by atoms with Gasteiger partial charge in [-0.2, -0.15) is 4.80 Å². The number of aryl methyl sites for hydroxylation is 1. The van der Waals surface area contributed by atoms with E-state index in [1.807, 2.05) is 13.0 Å². The molecule has 13 heteroatoms. The molecule has 2 saturated heterocycles. The fraction of sp³-hybridized carbons (Fsp3) is 0.556. The molecule has 0 bridgehead atoms. The van der Waals surface area contributed by atoms with Crippen molar-refractivity contribution in [1.29, 1.82) is 0 Å². The second-order valence-corrected chi connectivity index (χ2v) is 10.0. The summed E-state index contributed by atoms with van der Waals surface area (Å²) in [6.07, 6.45) is 5.80. The average Bonchev–Trinajstić information content (AvgIpc) is 3.75. The molecule has 1 N–H and O–H groups in total. The van der Waals surface area contributed by atoms with E-state index >= 15 is 0 Å². The summed E-state index contributed by atoms with van der Waals surface area (Å²) in [4.78, 5) is 36.8. The fourth-order valence-electron chi connectivity index (χ4n) is 5.00. The minimum atomic E-state index is -0.850. The molecule has 3 aromatic rings. The Labute approximate surface area is 232 Å². The van der Waals surface area contributed by atoms with Gasteiger partial charge in [-0.05, 0) is 61.2 Å². The lowest BCUT2D eigenvalue weighted by Crippen LogP contribution is -2.47. The molecule has 2 aliphatic heterocycles. The maximum Gasteiger partial charge on any atom is 0.247 e. The fourth-order valence-corrected chi connectivity index (χ4v) is 5.00. The van der Waals surface area contributed by atoms with Crippen molar-refractivity contribution < 1.29 is 23.5 Å². The van der Waals surface area contributed by atoms with Gasteiger partial charge in [-0.1, -0.05) is 0 Å². The molecule has 2 amide bonds. The molecule has 0 radical (unpaired) electrons. The summed E-state index contributed by atoms with van der Waals surface area (Å²) >= 11 is 0. The van der Waals surface area contributed by atoms with E-state index in [9.17, 15) is 9.59 Å². The third-order valence-electron chi connectivity index (χ3n) is 7.10. The third-order valence-corrected chi connectivity index (χ3v) is 7.10. The maximum absolute atomic E-state index is 13.8. The minimum Gasteiger partial charge on any atom is -0.458 e. The zero-order chi connectivity index (χ0) is 27.7. The number of morpholine rings is 1. The minimum absolute atomic E-state index is 0.0180. The van der Waals surface area contributed by atoms with Crippen molar-refractivity contribution in [2.24, 2.45) is 0 Å². The quantitative estimate of drug-likeness (QED) is 0.349. The molecular formula is C27H36N8O5. The summed E-state index contributed by atoms with van der Waals surface area (Å²) in [7, 11) is 0. The summed E-state index contributed by atoms with van der Waals surface area (Å²) < 4.78 is 16.7. The smallest absolute Gasteiger partial charge is 0.247 e. The number of nitrogens with zero attached hydrogens (tertiary/aromatic N) is 7. The Morgan fingerprint density at radius 3 is 2.70 bits per heavy atom. The topological polar surface area (TPSA) is 141 Å². The van der Waals surface area contributed by atoms with Gasteiger partial charge >= 0.3 is 0 Å². The number of hydrogen-bond acceptors (Lipinski definition) is 10. The van der Waals surface area contributed by atoms with Gasteiger partial charge in [-0.3, -0.25) is 19.5 Å². The van der Waals surface area contributed by atoms with Crippen molar-refractivity contribution in [1.82, 2.24) is 40.3 Å². The van der Waals surface area contributed by atoms with Gasteiger partial charge in [0.1, 0.15) is 18.3 Å². The second kappa shape index (κ2) is 13.6. The number of pyridine rings is 1. The lowest BCUT2D eigenvalue weighted by Gasteiger charge is -2.33. The van der Waals surface area contributed by atoms with E-state index in [4.69, 9.17) is 13.9 Å². The molecule has 0 saturated carbocycles. The second-order valence-electron chi connectivity index (χ2n) is 10.0. The molecule has 13 nitrogen and oxygen atoms in total. The highest BCUT2D eigenvalue weighted by Crippen LogP contribution is 2.23. The van der Waals surface area contributed by atoms with E-state index in [-0.39, 0.29) is 24.5 Å². The first kappa shape index (κ1) is 27.9. The molecule has 2 atom stereocenters. The van der Waals surface area contributed by atoms with Crippen LogP contribution in [-0.2, 0) is 25.6 Å². The van der Waals surface area contributed by atoms with Crippen molar-refractivity contribution in [2.45, 2.75) is 44.9 Å². The van der Waals surface area contributed by atoms with E-state index in [1.165, 1.54) is 4.80 Å². The number of ether oxygens (including phenoxy) is 2. The molecule has 0 aromatic carbocycles. The Morgan fingerprint density at radius 1 is 1.15 bits per heavy atom. The van der Waals surface area contributed by atoms with E-state index in [2.05, 4.69) is 30.6 Å².